The van der Waals surface area contributed by atoms with E-state index in [2.05, 4.69) is 5.32 Å². The smallest absolute Gasteiger partial charge is 0.246 e. The fraction of sp³-hybridized carbons (Fsp3) is 0.529. The number of carbonyl (C=O) groups is 2. The first-order valence-electron chi connectivity index (χ1n) is 7.95. The monoisotopic (exact) mass is 302 g/mol. The lowest BCUT2D eigenvalue weighted by Crippen LogP contribution is -2.45. The Bertz CT molecular complexity index is 586. The molecule has 3 rings (SSSR count). The highest BCUT2D eigenvalue weighted by Gasteiger charge is 2.31. The largest absolute Gasteiger partial charge is 0.462 e. The van der Waals surface area contributed by atoms with Gasteiger partial charge in [-0.1, -0.05) is 0 Å². The zero-order chi connectivity index (χ0) is 15.5. The van der Waals surface area contributed by atoms with Crippen LogP contribution in [-0.2, 0) is 9.59 Å². The van der Waals surface area contributed by atoms with E-state index in [1.807, 2.05) is 19.1 Å². The molecule has 2 amide bonds. The van der Waals surface area contributed by atoms with Crippen LogP contribution in [0.15, 0.2) is 22.6 Å². The standard InChI is InChI=1S/C17H22N2O3/c1-12-4-7-15(22-12)8-9-16(20)19-10-2-3-13(11-19)17(21)18-14-5-6-14/h4,7-9,13-14H,2-3,5-6,10-11H2,1H3,(H,18,21)/b9-8+/t13-/m0/s1. The van der Waals surface area contributed by atoms with Gasteiger partial charge in [0.25, 0.3) is 0 Å². The van der Waals surface area contributed by atoms with Gasteiger partial charge in [0.15, 0.2) is 0 Å². The molecule has 118 valence electrons. The number of hydrogen-bond acceptors (Lipinski definition) is 3. The van der Waals surface area contributed by atoms with Gasteiger partial charge in [-0.2, -0.15) is 0 Å². The molecule has 2 fully saturated rings. The Morgan fingerprint density at radius 3 is 2.82 bits per heavy atom. The fourth-order valence-electron chi connectivity index (χ4n) is 2.74. The third-order valence-electron chi connectivity index (χ3n) is 4.18. The first-order valence-corrected chi connectivity index (χ1v) is 7.95. The molecule has 1 saturated carbocycles. The first-order chi connectivity index (χ1) is 10.6. The maximum atomic E-state index is 12.2. The van der Waals surface area contributed by atoms with Crippen molar-refractivity contribution >= 4 is 17.9 Å². The number of hydrogen-bond donors (Lipinski definition) is 1. The van der Waals surface area contributed by atoms with E-state index in [4.69, 9.17) is 4.42 Å². The predicted octanol–water partition coefficient (Wildman–Crippen LogP) is 2.12. The van der Waals surface area contributed by atoms with Gasteiger partial charge in [0, 0.05) is 25.2 Å². The highest BCUT2D eigenvalue weighted by atomic mass is 16.3. The summed E-state index contributed by atoms with van der Waals surface area (Å²) in [6.45, 7) is 3.10. The lowest BCUT2D eigenvalue weighted by molar-refractivity contribution is -0.132. The van der Waals surface area contributed by atoms with E-state index < -0.39 is 0 Å². The lowest BCUT2D eigenvalue weighted by atomic mass is 9.97. The van der Waals surface area contributed by atoms with Crippen LogP contribution < -0.4 is 5.32 Å². The molecule has 1 N–H and O–H groups in total. The quantitative estimate of drug-likeness (QED) is 0.867. The summed E-state index contributed by atoms with van der Waals surface area (Å²) in [6.07, 6.45) is 7.13. The minimum Gasteiger partial charge on any atom is -0.462 e. The molecule has 1 aromatic rings. The molecule has 5 nitrogen and oxygen atoms in total. The number of nitrogens with one attached hydrogen (secondary N) is 1. The van der Waals surface area contributed by atoms with Crippen LogP contribution in [0.1, 0.15) is 37.2 Å². The van der Waals surface area contributed by atoms with Crippen LogP contribution in [0.5, 0.6) is 0 Å². The van der Waals surface area contributed by atoms with E-state index in [1.165, 1.54) is 6.08 Å². The van der Waals surface area contributed by atoms with Crippen molar-refractivity contribution in [1.29, 1.82) is 0 Å². The van der Waals surface area contributed by atoms with E-state index in [0.717, 1.165) is 31.4 Å². The number of piperidine rings is 1. The number of furan rings is 1. The molecule has 2 aliphatic rings. The van der Waals surface area contributed by atoms with Crippen molar-refractivity contribution in [3.8, 4) is 0 Å². The van der Waals surface area contributed by atoms with E-state index >= 15 is 0 Å². The van der Waals surface area contributed by atoms with Gasteiger partial charge < -0.3 is 14.6 Å². The Labute approximate surface area is 130 Å². The molecule has 1 aliphatic carbocycles. The molecule has 0 aromatic carbocycles. The molecule has 0 spiro atoms. The molecule has 0 radical (unpaired) electrons. The minimum absolute atomic E-state index is 0.0574. The molecule has 1 saturated heterocycles. The minimum atomic E-state index is -0.0717. The van der Waals surface area contributed by atoms with Gasteiger partial charge in [0.05, 0.1) is 5.92 Å². The maximum absolute atomic E-state index is 12.2. The average Bonchev–Trinajstić information content (AvgIpc) is 3.24. The molecule has 1 aliphatic heterocycles. The second kappa shape index (κ2) is 6.38. The van der Waals surface area contributed by atoms with E-state index in [0.29, 0.717) is 24.9 Å². The number of aryl methyl sites for hydroxylation is 1. The van der Waals surface area contributed by atoms with Crippen molar-refractivity contribution in [3.05, 3.63) is 29.7 Å². The lowest BCUT2D eigenvalue weighted by Gasteiger charge is -2.31. The van der Waals surface area contributed by atoms with Gasteiger partial charge in [-0.25, -0.2) is 0 Å². The van der Waals surface area contributed by atoms with E-state index in [9.17, 15) is 9.59 Å². The summed E-state index contributed by atoms with van der Waals surface area (Å²) in [7, 11) is 0. The Hall–Kier alpha value is -2.04. The molecule has 1 aromatic heterocycles. The maximum Gasteiger partial charge on any atom is 0.246 e. The number of nitrogens with zero attached hydrogens (tertiary/aromatic N) is 1. The highest BCUT2D eigenvalue weighted by Crippen LogP contribution is 2.22. The Kier molecular flexibility index (Phi) is 4.32. The Morgan fingerprint density at radius 2 is 2.14 bits per heavy atom. The Morgan fingerprint density at radius 1 is 1.32 bits per heavy atom. The summed E-state index contributed by atoms with van der Waals surface area (Å²) in [4.78, 5) is 26.1. The van der Waals surface area contributed by atoms with Gasteiger partial charge in [-0.15, -0.1) is 0 Å². The van der Waals surface area contributed by atoms with Crippen molar-refractivity contribution in [2.75, 3.05) is 13.1 Å². The normalized spacial score (nSPS) is 22.0. The zero-order valence-electron chi connectivity index (χ0n) is 12.9. The second-order valence-corrected chi connectivity index (χ2v) is 6.19. The fourth-order valence-corrected chi connectivity index (χ4v) is 2.74. The second-order valence-electron chi connectivity index (χ2n) is 6.19. The third-order valence-corrected chi connectivity index (χ3v) is 4.18. The molecule has 0 bridgehead atoms. The zero-order valence-corrected chi connectivity index (χ0v) is 12.9. The first kappa shape index (κ1) is 14.9. The van der Waals surface area contributed by atoms with Crippen LogP contribution in [0, 0.1) is 12.8 Å². The van der Waals surface area contributed by atoms with Crippen LogP contribution in [-0.4, -0.2) is 35.8 Å². The number of amides is 2. The highest BCUT2D eigenvalue weighted by molar-refractivity contribution is 5.92. The molecule has 2 heterocycles. The van der Waals surface area contributed by atoms with Crippen LogP contribution in [0.3, 0.4) is 0 Å². The third kappa shape index (κ3) is 3.78. The van der Waals surface area contributed by atoms with Crippen LogP contribution in [0.25, 0.3) is 6.08 Å². The molecule has 1 atom stereocenters. The number of likely N-dealkylation sites (tertiary alicyclic amines) is 1. The van der Waals surface area contributed by atoms with Crippen molar-refractivity contribution in [3.63, 3.8) is 0 Å². The number of carbonyl (C=O) groups excluding carboxylic acids is 2. The molecule has 0 unspecified atom stereocenters. The van der Waals surface area contributed by atoms with Gasteiger partial charge >= 0.3 is 0 Å². The van der Waals surface area contributed by atoms with Gasteiger partial charge in [-0.05, 0) is 50.8 Å². The van der Waals surface area contributed by atoms with Crippen molar-refractivity contribution in [1.82, 2.24) is 10.2 Å². The summed E-state index contributed by atoms with van der Waals surface area (Å²) in [5.74, 6) is 1.47. The molecule has 5 heteroatoms. The summed E-state index contributed by atoms with van der Waals surface area (Å²) >= 11 is 0. The summed E-state index contributed by atoms with van der Waals surface area (Å²) in [6, 6.07) is 4.07. The van der Waals surface area contributed by atoms with E-state index in [-0.39, 0.29) is 17.7 Å². The van der Waals surface area contributed by atoms with Crippen LogP contribution >= 0.6 is 0 Å². The van der Waals surface area contributed by atoms with Crippen molar-refractivity contribution in [2.45, 2.75) is 38.6 Å². The summed E-state index contributed by atoms with van der Waals surface area (Å²) in [5.41, 5.74) is 0. The summed E-state index contributed by atoms with van der Waals surface area (Å²) < 4.78 is 5.41. The van der Waals surface area contributed by atoms with Gasteiger partial charge in [0.1, 0.15) is 11.5 Å². The average molecular weight is 302 g/mol. The van der Waals surface area contributed by atoms with E-state index in [1.54, 1.807) is 11.0 Å². The SMILES string of the molecule is Cc1ccc(/C=C/C(=O)N2CCC[C@H](C(=O)NC3CC3)C2)o1. The predicted molar refractivity (Wildman–Crippen MR) is 82.9 cm³/mol. The number of rotatable bonds is 4. The molecular weight excluding hydrogens is 280 g/mol. The van der Waals surface area contributed by atoms with Crippen LogP contribution in [0.4, 0.5) is 0 Å². The molecule has 22 heavy (non-hydrogen) atoms. The van der Waals surface area contributed by atoms with Crippen molar-refractivity contribution < 1.29 is 14.0 Å². The Balaban J connectivity index is 1.55. The molecular formula is C17H22N2O3. The van der Waals surface area contributed by atoms with Crippen LogP contribution in [0.2, 0.25) is 0 Å². The summed E-state index contributed by atoms with van der Waals surface area (Å²) in [5, 5.41) is 3.03. The van der Waals surface area contributed by atoms with Gasteiger partial charge in [0.2, 0.25) is 11.8 Å². The van der Waals surface area contributed by atoms with Crippen molar-refractivity contribution in [2.24, 2.45) is 5.92 Å². The van der Waals surface area contributed by atoms with Gasteiger partial charge in [-0.3, -0.25) is 9.59 Å². The topological polar surface area (TPSA) is 62.6 Å².